The van der Waals surface area contributed by atoms with Gasteiger partial charge in [0.05, 0.1) is 37.0 Å². The molecular formula is C18H22N4O4. The van der Waals surface area contributed by atoms with E-state index in [0.717, 1.165) is 11.1 Å². The Morgan fingerprint density at radius 2 is 1.27 bits per heavy atom. The predicted molar refractivity (Wildman–Crippen MR) is 95.1 cm³/mol. The third-order valence-corrected chi connectivity index (χ3v) is 4.76. The van der Waals surface area contributed by atoms with Gasteiger partial charge in [-0.2, -0.15) is 0 Å². The van der Waals surface area contributed by atoms with Crippen LogP contribution in [0.1, 0.15) is 11.1 Å². The summed E-state index contributed by atoms with van der Waals surface area (Å²) in [7, 11) is 0. The summed E-state index contributed by atoms with van der Waals surface area (Å²) < 4.78 is 23.7. The summed E-state index contributed by atoms with van der Waals surface area (Å²) in [6.07, 6.45) is 2.27. The van der Waals surface area contributed by atoms with Gasteiger partial charge in [0.2, 0.25) is 11.8 Å². The zero-order valence-electron chi connectivity index (χ0n) is 14.7. The molecule has 26 heavy (non-hydrogen) atoms. The number of hydrogen-bond donors (Lipinski definition) is 2. The number of ether oxygens (including phenoxy) is 4. The van der Waals surface area contributed by atoms with Crippen LogP contribution in [0.2, 0.25) is 0 Å². The van der Waals surface area contributed by atoms with Crippen molar-refractivity contribution in [3.8, 4) is 11.8 Å². The molecule has 2 aromatic heterocycles. The summed E-state index contributed by atoms with van der Waals surface area (Å²) in [5, 5.41) is 0. The van der Waals surface area contributed by atoms with E-state index in [0.29, 0.717) is 36.3 Å². The number of nitrogen functional groups attached to an aromatic ring is 2. The van der Waals surface area contributed by atoms with Crippen LogP contribution in [-0.4, -0.2) is 47.6 Å². The van der Waals surface area contributed by atoms with Gasteiger partial charge < -0.3 is 30.4 Å². The third-order valence-electron chi connectivity index (χ3n) is 4.76. The number of hydrogen-bond acceptors (Lipinski definition) is 8. The number of aryl methyl sites for hydroxylation is 2. The fourth-order valence-electron chi connectivity index (χ4n) is 3.15. The largest absolute Gasteiger partial charge is 0.469 e. The first kappa shape index (κ1) is 16.9. The van der Waals surface area contributed by atoms with Crippen LogP contribution in [0.25, 0.3) is 0 Å². The van der Waals surface area contributed by atoms with Gasteiger partial charge in [0.25, 0.3) is 0 Å². The molecule has 8 nitrogen and oxygen atoms in total. The Morgan fingerprint density at radius 1 is 0.846 bits per heavy atom. The molecule has 2 aliphatic heterocycles. The highest BCUT2D eigenvalue weighted by atomic mass is 16.6. The van der Waals surface area contributed by atoms with Crippen molar-refractivity contribution >= 4 is 11.4 Å². The van der Waals surface area contributed by atoms with Crippen molar-refractivity contribution in [1.82, 2.24) is 9.97 Å². The van der Waals surface area contributed by atoms with Gasteiger partial charge in [-0.3, -0.25) is 0 Å². The van der Waals surface area contributed by atoms with E-state index in [-0.39, 0.29) is 24.4 Å². The third kappa shape index (κ3) is 3.13. The average molecular weight is 358 g/mol. The minimum atomic E-state index is -0.245. The van der Waals surface area contributed by atoms with Crippen LogP contribution in [0.5, 0.6) is 11.8 Å². The van der Waals surface area contributed by atoms with Gasteiger partial charge in [-0.25, -0.2) is 9.97 Å². The first-order valence-corrected chi connectivity index (χ1v) is 8.52. The van der Waals surface area contributed by atoms with Gasteiger partial charge in [-0.15, -0.1) is 0 Å². The van der Waals surface area contributed by atoms with Crippen LogP contribution >= 0.6 is 0 Å². The zero-order chi connectivity index (χ0) is 18.3. The maximum absolute atomic E-state index is 5.95. The lowest BCUT2D eigenvalue weighted by atomic mass is 10.1. The zero-order valence-corrected chi connectivity index (χ0v) is 14.7. The Hall–Kier alpha value is -2.58. The quantitative estimate of drug-likeness (QED) is 0.839. The first-order chi connectivity index (χ1) is 12.5. The molecule has 2 aromatic rings. The lowest BCUT2D eigenvalue weighted by Gasteiger charge is -2.18. The van der Waals surface area contributed by atoms with E-state index in [9.17, 15) is 0 Å². The normalized spacial score (nSPS) is 27.3. The molecule has 0 aliphatic carbocycles. The van der Waals surface area contributed by atoms with Crippen LogP contribution in [0.3, 0.4) is 0 Å². The lowest BCUT2D eigenvalue weighted by Crippen LogP contribution is -2.36. The van der Waals surface area contributed by atoms with Crippen molar-refractivity contribution in [2.45, 2.75) is 38.3 Å². The summed E-state index contributed by atoms with van der Waals surface area (Å²) in [4.78, 5) is 8.42. The second-order valence-corrected chi connectivity index (χ2v) is 6.67. The minimum absolute atomic E-state index is 0.213. The molecule has 0 bridgehead atoms. The van der Waals surface area contributed by atoms with Crippen LogP contribution in [0, 0.1) is 13.8 Å². The molecule has 4 heterocycles. The molecule has 2 aliphatic rings. The molecule has 4 atom stereocenters. The smallest absolute Gasteiger partial charge is 0.214 e. The van der Waals surface area contributed by atoms with Crippen molar-refractivity contribution in [2.24, 2.45) is 0 Å². The maximum Gasteiger partial charge on any atom is 0.214 e. The van der Waals surface area contributed by atoms with Crippen molar-refractivity contribution < 1.29 is 18.9 Å². The Balaban J connectivity index is 1.42. The molecule has 0 saturated carbocycles. The molecular weight excluding hydrogens is 336 g/mol. The fourth-order valence-corrected chi connectivity index (χ4v) is 3.15. The summed E-state index contributed by atoms with van der Waals surface area (Å²) >= 11 is 0. The SMILES string of the molecule is Cc1cc(O[C@H]2CO[C@H]3[C@@H]2OC[C@H]3Oc2cc(C)c(N)cn2)ncc1N. The number of anilines is 2. The van der Waals surface area contributed by atoms with E-state index in [2.05, 4.69) is 9.97 Å². The fraction of sp³-hybridized carbons (Fsp3) is 0.444. The summed E-state index contributed by atoms with van der Waals surface area (Å²) in [5.41, 5.74) is 14.7. The Morgan fingerprint density at radius 3 is 1.65 bits per heavy atom. The van der Waals surface area contributed by atoms with E-state index < -0.39 is 0 Å². The van der Waals surface area contributed by atoms with Gasteiger partial charge in [0, 0.05) is 12.1 Å². The molecule has 138 valence electrons. The van der Waals surface area contributed by atoms with E-state index >= 15 is 0 Å². The molecule has 0 aromatic carbocycles. The van der Waals surface area contributed by atoms with E-state index in [1.807, 2.05) is 26.0 Å². The molecule has 2 saturated heterocycles. The van der Waals surface area contributed by atoms with E-state index in [4.69, 9.17) is 30.4 Å². The van der Waals surface area contributed by atoms with Crippen LogP contribution in [-0.2, 0) is 9.47 Å². The van der Waals surface area contributed by atoms with Crippen molar-refractivity contribution in [3.05, 3.63) is 35.7 Å². The van der Waals surface area contributed by atoms with Gasteiger partial charge in [-0.05, 0) is 25.0 Å². The monoisotopic (exact) mass is 358 g/mol. The molecule has 0 unspecified atom stereocenters. The predicted octanol–water partition coefficient (Wildman–Crippen LogP) is 1.25. The summed E-state index contributed by atoms with van der Waals surface area (Å²) in [5.74, 6) is 1.02. The highest BCUT2D eigenvalue weighted by Crippen LogP contribution is 2.32. The standard InChI is InChI=1S/C18H22N4O4/c1-9-3-15(21-5-11(9)19)25-13-7-23-18-14(8-24-17(13)18)26-16-4-10(2)12(20)6-22-16/h3-6,13-14,17-18H,7-8,19-20H2,1-2H3/t13-,14+,17-,18-/m1/s1. The number of pyridine rings is 2. The lowest BCUT2D eigenvalue weighted by molar-refractivity contribution is 0.0155. The topological polar surface area (TPSA) is 115 Å². The van der Waals surface area contributed by atoms with E-state index in [1.165, 1.54) is 0 Å². The van der Waals surface area contributed by atoms with E-state index in [1.54, 1.807) is 12.4 Å². The van der Waals surface area contributed by atoms with Crippen LogP contribution < -0.4 is 20.9 Å². The molecule has 0 amide bonds. The van der Waals surface area contributed by atoms with Crippen molar-refractivity contribution in [1.29, 1.82) is 0 Å². The maximum atomic E-state index is 5.95. The Labute approximate surface area is 151 Å². The molecule has 2 fully saturated rings. The summed E-state index contributed by atoms with van der Waals surface area (Å²) in [6, 6.07) is 3.62. The Bertz CT molecular complexity index is 748. The number of fused-ring (bicyclic) bond motifs is 1. The van der Waals surface area contributed by atoms with Crippen molar-refractivity contribution in [3.63, 3.8) is 0 Å². The number of nitrogens with two attached hydrogens (primary N) is 2. The van der Waals surface area contributed by atoms with Crippen LogP contribution in [0.15, 0.2) is 24.5 Å². The highest BCUT2D eigenvalue weighted by Gasteiger charge is 2.50. The molecule has 4 N–H and O–H groups in total. The number of aromatic nitrogens is 2. The molecule has 8 heteroatoms. The Kier molecular flexibility index (Phi) is 4.29. The van der Waals surface area contributed by atoms with Gasteiger partial charge in [0.1, 0.15) is 12.2 Å². The second kappa shape index (κ2) is 6.62. The minimum Gasteiger partial charge on any atom is -0.469 e. The van der Waals surface area contributed by atoms with Gasteiger partial charge in [-0.1, -0.05) is 0 Å². The van der Waals surface area contributed by atoms with Crippen molar-refractivity contribution in [2.75, 3.05) is 24.7 Å². The second-order valence-electron chi connectivity index (χ2n) is 6.67. The highest BCUT2D eigenvalue weighted by molar-refractivity contribution is 5.46. The molecule has 0 spiro atoms. The number of nitrogens with zero attached hydrogens (tertiary/aromatic N) is 2. The molecule has 4 rings (SSSR count). The van der Waals surface area contributed by atoms with Gasteiger partial charge in [0.15, 0.2) is 12.2 Å². The molecule has 0 radical (unpaired) electrons. The first-order valence-electron chi connectivity index (χ1n) is 8.52. The van der Waals surface area contributed by atoms with Crippen LogP contribution in [0.4, 0.5) is 11.4 Å². The average Bonchev–Trinajstić information content (AvgIpc) is 3.18. The van der Waals surface area contributed by atoms with Gasteiger partial charge >= 0.3 is 0 Å². The number of rotatable bonds is 4. The summed E-state index contributed by atoms with van der Waals surface area (Å²) in [6.45, 7) is 4.65.